The zero-order chi connectivity index (χ0) is 13.8. The number of aromatic nitrogens is 1. The molecule has 0 radical (unpaired) electrons. The number of halogens is 4. The van der Waals surface area contributed by atoms with E-state index in [0.29, 0.717) is 0 Å². The first-order valence-electron chi connectivity index (χ1n) is 6.17. The summed E-state index contributed by atoms with van der Waals surface area (Å²) >= 11 is 1.69. The standard InChI is InChI=1S/2C6H6.C5H7NS.4BrH/c2*1-2-4-6-5-3-1;1-4-5(2)7-3-6-4;;;;/h2*1-6H;3H,1-2H3;4*1H. The van der Waals surface area contributed by atoms with Crippen LogP contribution in [-0.4, -0.2) is 4.98 Å². The fourth-order valence-electron chi connectivity index (χ4n) is 1.13. The third-order valence-electron chi connectivity index (χ3n) is 2.32. The summed E-state index contributed by atoms with van der Waals surface area (Å²) in [5.74, 6) is 0. The lowest BCUT2D eigenvalue weighted by Crippen LogP contribution is -1.68. The Morgan fingerprint density at radius 3 is 0.913 bits per heavy atom. The van der Waals surface area contributed by atoms with Crippen LogP contribution in [0, 0.1) is 13.8 Å². The average Bonchev–Trinajstić information content (AvgIpc) is 2.88. The third kappa shape index (κ3) is 18.2. The molecule has 0 fully saturated rings. The highest BCUT2D eigenvalue weighted by atomic mass is 79.9. The van der Waals surface area contributed by atoms with Gasteiger partial charge in [0, 0.05) is 4.88 Å². The van der Waals surface area contributed by atoms with Gasteiger partial charge in [-0.05, 0) is 13.8 Å². The predicted octanol–water partition coefficient (Wildman–Crippen LogP) is 7.44. The maximum Gasteiger partial charge on any atom is 0.0797 e. The van der Waals surface area contributed by atoms with Gasteiger partial charge < -0.3 is 0 Å². The molecule has 0 saturated carbocycles. The highest BCUT2D eigenvalue weighted by Crippen LogP contribution is 2.07. The molecule has 0 saturated heterocycles. The van der Waals surface area contributed by atoms with Gasteiger partial charge in [-0.3, -0.25) is 0 Å². The Bertz CT molecular complexity index is 431. The fraction of sp³-hybridized carbons (Fsp3) is 0.118. The Balaban J connectivity index is -0.000000109. The van der Waals surface area contributed by atoms with E-state index in [4.69, 9.17) is 0 Å². The monoisotopic (exact) mass is 589 g/mol. The number of benzene rings is 2. The molecule has 1 heterocycles. The van der Waals surface area contributed by atoms with E-state index < -0.39 is 0 Å². The Morgan fingerprint density at radius 2 is 0.826 bits per heavy atom. The Morgan fingerprint density at radius 1 is 0.565 bits per heavy atom. The summed E-state index contributed by atoms with van der Waals surface area (Å²) in [4.78, 5) is 5.35. The van der Waals surface area contributed by atoms with Gasteiger partial charge in [-0.1, -0.05) is 72.8 Å². The minimum Gasteiger partial charge on any atom is -0.250 e. The molecule has 1 aromatic heterocycles. The average molecular weight is 593 g/mol. The Labute approximate surface area is 185 Å². The number of thiazole rings is 1. The molecule has 0 aliphatic carbocycles. The van der Waals surface area contributed by atoms with Crippen LogP contribution in [0.1, 0.15) is 10.6 Å². The van der Waals surface area contributed by atoms with Crippen molar-refractivity contribution in [3.63, 3.8) is 0 Å². The van der Waals surface area contributed by atoms with Crippen LogP contribution in [0.2, 0.25) is 0 Å². The molecule has 3 aromatic rings. The maximum atomic E-state index is 4.03. The van der Waals surface area contributed by atoms with E-state index in [1.54, 1.807) is 11.3 Å². The number of aryl methyl sites for hydroxylation is 2. The van der Waals surface area contributed by atoms with Crippen molar-refractivity contribution >= 4 is 79.3 Å². The normalized spacial score (nSPS) is 7.04. The van der Waals surface area contributed by atoms with Gasteiger partial charge in [0.25, 0.3) is 0 Å². The van der Waals surface area contributed by atoms with Gasteiger partial charge >= 0.3 is 0 Å². The zero-order valence-corrected chi connectivity index (χ0v) is 20.7. The minimum atomic E-state index is 0. The summed E-state index contributed by atoms with van der Waals surface area (Å²) in [5.41, 5.74) is 3.02. The predicted molar refractivity (Wildman–Crippen MR) is 126 cm³/mol. The van der Waals surface area contributed by atoms with Crippen molar-refractivity contribution in [3.05, 3.63) is 88.9 Å². The van der Waals surface area contributed by atoms with Gasteiger partial charge in [-0.2, -0.15) is 0 Å². The van der Waals surface area contributed by atoms with E-state index in [1.807, 2.05) is 85.2 Å². The summed E-state index contributed by atoms with van der Waals surface area (Å²) in [7, 11) is 0. The van der Waals surface area contributed by atoms with Gasteiger partial charge in [0.1, 0.15) is 0 Å². The van der Waals surface area contributed by atoms with Crippen molar-refractivity contribution in [2.75, 3.05) is 0 Å². The van der Waals surface area contributed by atoms with Crippen LogP contribution < -0.4 is 0 Å². The lowest BCUT2D eigenvalue weighted by molar-refractivity contribution is 1.23. The van der Waals surface area contributed by atoms with Crippen LogP contribution in [0.25, 0.3) is 0 Å². The second-order valence-corrected chi connectivity index (χ2v) is 4.86. The molecule has 130 valence electrons. The van der Waals surface area contributed by atoms with Crippen molar-refractivity contribution in [1.82, 2.24) is 4.98 Å². The summed E-state index contributed by atoms with van der Waals surface area (Å²) in [6, 6.07) is 24.0. The number of rotatable bonds is 0. The first kappa shape index (κ1) is 30.8. The second kappa shape index (κ2) is 22.0. The van der Waals surface area contributed by atoms with Gasteiger partial charge in [0.2, 0.25) is 0 Å². The Kier molecular flexibility index (Phi) is 29.5. The second-order valence-electron chi connectivity index (χ2n) is 3.80. The smallest absolute Gasteiger partial charge is 0.0797 e. The maximum absolute atomic E-state index is 4.03. The summed E-state index contributed by atoms with van der Waals surface area (Å²) < 4.78 is 0. The summed E-state index contributed by atoms with van der Waals surface area (Å²) in [6.45, 7) is 4.10. The van der Waals surface area contributed by atoms with Crippen LogP contribution in [0.4, 0.5) is 0 Å². The van der Waals surface area contributed by atoms with Crippen LogP contribution in [0.5, 0.6) is 0 Å². The van der Waals surface area contributed by atoms with Crippen molar-refractivity contribution in [1.29, 1.82) is 0 Å². The van der Waals surface area contributed by atoms with Crippen molar-refractivity contribution in [2.45, 2.75) is 13.8 Å². The lowest BCUT2D eigenvalue weighted by atomic mass is 10.4. The van der Waals surface area contributed by atoms with E-state index in [-0.39, 0.29) is 67.9 Å². The van der Waals surface area contributed by atoms with E-state index in [0.717, 1.165) is 5.69 Å². The highest BCUT2D eigenvalue weighted by Gasteiger charge is 1.88. The van der Waals surface area contributed by atoms with Crippen molar-refractivity contribution in [2.24, 2.45) is 0 Å². The van der Waals surface area contributed by atoms with Crippen molar-refractivity contribution in [3.8, 4) is 0 Å². The molecule has 0 aliphatic rings. The van der Waals surface area contributed by atoms with Gasteiger partial charge in [-0.15, -0.1) is 79.3 Å². The first-order chi connectivity index (χ1) is 9.30. The number of hydrogen-bond donors (Lipinski definition) is 0. The SMILES string of the molecule is Br.Br.Br.Br.Cc1ncsc1C.c1ccccc1.c1ccccc1. The van der Waals surface area contributed by atoms with Crippen molar-refractivity contribution < 1.29 is 0 Å². The van der Waals surface area contributed by atoms with Gasteiger partial charge in [0.15, 0.2) is 0 Å². The molecule has 23 heavy (non-hydrogen) atoms. The van der Waals surface area contributed by atoms with Gasteiger partial charge in [0.05, 0.1) is 11.2 Å². The highest BCUT2D eigenvalue weighted by molar-refractivity contribution is 8.93. The van der Waals surface area contributed by atoms with Crippen LogP contribution in [0.3, 0.4) is 0 Å². The van der Waals surface area contributed by atoms with Gasteiger partial charge in [-0.25, -0.2) is 4.98 Å². The lowest BCUT2D eigenvalue weighted by Gasteiger charge is -1.77. The molecule has 0 amide bonds. The molecular weight excluding hydrogens is 570 g/mol. The quantitative estimate of drug-likeness (QED) is 0.264. The molecule has 1 nitrogen and oxygen atoms in total. The van der Waals surface area contributed by atoms with Crippen LogP contribution >= 0.6 is 79.3 Å². The molecular formula is C17H23Br4NS. The van der Waals surface area contributed by atoms with E-state index >= 15 is 0 Å². The largest absolute Gasteiger partial charge is 0.250 e. The molecule has 0 spiro atoms. The fourth-order valence-corrected chi connectivity index (χ4v) is 1.72. The van der Waals surface area contributed by atoms with Crippen LogP contribution in [-0.2, 0) is 0 Å². The van der Waals surface area contributed by atoms with E-state index in [9.17, 15) is 0 Å². The molecule has 0 unspecified atom stereocenters. The number of hydrogen-bond acceptors (Lipinski definition) is 2. The summed E-state index contributed by atoms with van der Waals surface area (Å²) in [6.07, 6.45) is 0. The van der Waals surface area contributed by atoms with E-state index in [1.165, 1.54) is 4.88 Å². The molecule has 2 aromatic carbocycles. The minimum absolute atomic E-state index is 0. The summed E-state index contributed by atoms with van der Waals surface area (Å²) in [5, 5.41) is 0. The zero-order valence-electron chi connectivity index (χ0n) is 13.0. The molecule has 0 atom stereocenters. The number of nitrogens with zero attached hydrogens (tertiary/aromatic N) is 1. The molecule has 3 rings (SSSR count). The topological polar surface area (TPSA) is 12.9 Å². The Hall–Kier alpha value is -0.01000. The first-order valence-corrected chi connectivity index (χ1v) is 7.05. The molecule has 6 heteroatoms. The molecule has 0 aliphatic heterocycles. The van der Waals surface area contributed by atoms with E-state index in [2.05, 4.69) is 11.9 Å². The molecule has 0 N–H and O–H groups in total. The molecule has 0 bridgehead atoms. The van der Waals surface area contributed by atoms with Crippen LogP contribution in [0.15, 0.2) is 78.3 Å². The third-order valence-corrected chi connectivity index (χ3v) is 3.18.